The lowest BCUT2D eigenvalue weighted by atomic mass is 10.2. The molecule has 0 fully saturated rings. The molecule has 0 saturated heterocycles. The van der Waals surface area contributed by atoms with Crippen LogP contribution in [-0.4, -0.2) is 19.9 Å². The summed E-state index contributed by atoms with van der Waals surface area (Å²) in [5.74, 6) is 0.821. The van der Waals surface area contributed by atoms with E-state index in [9.17, 15) is 0 Å². The first-order chi connectivity index (χ1) is 10.6. The molecule has 0 aliphatic rings. The number of halogens is 2. The highest BCUT2D eigenvalue weighted by Crippen LogP contribution is 2.22. The average Bonchev–Trinajstić information content (AvgIpc) is 2.46. The number of nitrogens with zero attached hydrogens (tertiary/aromatic N) is 4. The van der Waals surface area contributed by atoms with Gasteiger partial charge in [0.25, 0.3) is 0 Å². The van der Waals surface area contributed by atoms with Gasteiger partial charge >= 0.3 is 0 Å². The van der Waals surface area contributed by atoms with Gasteiger partial charge in [-0.1, -0.05) is 29.3 Å². The van der Waals surface area contributed by atoms with Gasteiger partial charge in [0.15, 0.2) is 5.82 Å². The number of anilines is 3. The van der Waals surface area contributed by atoms with Crippen molar-refractivity contribution in [2.45, 2.75) is 0 Å². The van der Waals surface area contributed by atoms with Crippen molar-refractivity contribution in [2.24, 2.45) is 0 Å². The lowest BCUT2D eigenvalue weighted by molar-refractivity contribution is 1.07. The van der Waals surface area contributed by atoms with Crippen LogP contribution in [0.5, 0.6) is 0 Å². The zero-order chi connectivity index (χ0) is 15.5. The van der Waals surface area contributed by atoms with E-state index in [1.807, 2.05) is 12.1 Å². The lowest BCUT2D eigenvalue weighted by Gasteiger charge is -2.07. The van der Waals surface area contributed by atoms with Crippen LogP contribution in [0.4, 0.5) is 17.6 Å². The molecule has 0 unspecified atom stereocenters. The molecule has 0 bridgehead atoms. The molecule has 0 aliphatic heterocycles. The van der Waals surface area contributed by atoms with Crippen LogP contribution in [0.1, 0.15) is 0 Å². The Kier molecular flexibility index (Phi) is 4.04. The van der Waals surface area contributed by atoms with Crippen LogP contribution in [0.2, 0.25) is 10.2 Å². The molecule has 0 radical (unpaired) electrons. The van der Waals surface area contributed by atoms with Gasteiger partial charge < -0.3 is 11.1 Å². The molecule has 0 atom stereocenters. The molecule has 6 nitrogen and oxygen atoms in total. The van der Waals surface area contributed by atoms with Gasteiger partial charge in [0.05, 0.1) is 0 Å². The van der Waals surface area contributed by atoms with Crippen molar-refractivity contribution in [3.8, 4) is 11.4 Å². The van der Waals surface area contributed by atoms with E-state index < -0.39 is 0 Å². The molecule has 3 aromatic rings. The van der Waals surface area contributed by atoms with Gasteiger partial charge in [0, 0.05) is 22.5 Å². The van der Waals surface area contributed by atoms with Crippen molar-refractivity contribution < 1.29 is 0 Å². The molecule has 2 aromatic heterocycles. The predicted octanol–water partition coefficient (Wildman–Crippen LogP) is 3.57. The molecule has 110 valence electrons. The minimum Gasteiger partial charge on any atom is -0.368 e. The highest BCUT2D eigenvalue weighted by atomic mass is 35.5. The Hall–Kier alpha value is -2.44. The average molecular weight is 333 g/mol. The summed E-state index contributed by atoms with van der Waals surface area (Å²) in [6.45, 7) is 0. The maximum Gasteiger partial charge on any atom is 0.232 e. The van der Waals surface area contributed by atoms with E-state index in [2.05, 4.69) is 25.3 Å². The largest absolute Gasteiger partial charge is 0.368 e. The molecular weight excluding hydrogens is 323 g/mol. The summed E-state index contributed by atoms with van der Waals surface area (Å²) in [5.41, 5.74) is 7.19. The number of benzene rings is 1. The van der Waals surface area contributed by atoms with Crippen LogP contribution in [0.25, 0.3) is 11.4 Å². The highest BCUT2D eigenvalue weighted by Gasteiger charge is 2.08. The number of pyridine rings is 1. The number of aromatic nitrogens is 4. The number of hydrogen-bond donors (Lipinski definition) is 2. The summed E-state index contributed by atoms with van der Waals surface area (Å²) >= 11 is 11.8. The number of nitrogens with two attached hydrogens (primary N) is 1. The van der Waals surface area contributed by atoms with Crippen molar-refractivity contribution in [1.82, 2.24) is 19.9 Å². The van der Waals surface area contributed by atoms with Gasteiger partial charge in [-0.2, -0.15) is 15.0 Å². The third-order valence-corrected chi connectivity index (χ3v) is 3.16. The van der Waals surface area contributed by atoms with E-state index in [4.69, 9.17) is 28.9 Å². The monoisotopic (exact) mass is 332 g/mol. The molecule has 0 spiro atoms. The van der Waals surface area contributed by atoms with Gasteiger partial charge in [-0.25, -0.2) is 4.98 Å². The second-order valence-corrected chi connectivity index (χ2v) is 5.17. The Morgan fingerprint density at radius 3 is 2.64 bits per heavy atom. The summed E-state index contributed by atoms with van der Waals surface area (Å²) in [6.07, 6.45) is 1.57. The number of rotatable bonds is 3. The molecule has 22 heavy (non-hydrogen) atoms. The zero-order valence-electron chi connectivity index (χ0n) is 11.2. The first-order valence-electron chi connectivity index (χ1n) is 6.26. The first-order valence-corrected chi connectivity index (χ1v) is 7.02. The summed E-state index contributed by atoms with van der Waals surface area (Å²) in [7, 11) is 0. The smallest absolute Gasteiger partial charge is 0.232 e. The minimum absolute atomic E-state index is 0.0995. The van der Waals surface area contributed by atoms with Crippen molar-refractivity contribution in [3.63, 3.8) is 0 Å². The van der Waals surface area contributed by atoms with Gasteiger partial charge in [0.1, 0.15) is 5.15 Å². The molecule has 1 aromatic carbocycles. The van der Waals surface area contributed by atoms with E-state index in [1.165, 1.54) is 0 Å². The van der Waals surface area contributed by atoms with Gasteiger partial charge in [0.2, 0.25) is 11.9 Å². The predicted molar refractivity (Wildman–Crippen MR) is 87.2 cm³/mol. The molecular formula is C14H10Cl2N6. The van der Waals surface area contributed by atoms with Crippen molar-refractivity contribution in [2.75, 3.05) is 11.1 Å². The first kappa shape index (κ1) is 14.5. The van der Waals surface area contributed by atoms with E-state index in [1.54, 1.807) is 30.5 Å². The lowest BCUT2D eigenvalue weighted by Crippen LogP contribution is -2.05. The fraction of sp³-hybridized carbons (Fsp3) is 0. The van der Waals surface area contributed by atoms with Crippen molar-refractivity contribution in [1.29, 1.82) is 0 Å². The van der Waals surface area contributed by atoms with Crippen LogP contribution < -0.4 is 11.1 Å². The van der Waals surface area contributed by atoms with Crippen LogP contribution in [0, 0.1) is 0 Å². The maximum atomic E-state index is 5.95. The SMILES string of the molecule is Nc1nc(Nc2cccc(Cl)c2)nc(-c2ccnc(Cl)c2)n1. The number of nitrogen functional groups attached to an aromatic ring is 1. The molecule has 0 amide bonds. The van der Waals surface area contributed by atoms with Crippen molar-refractivity contribution in [3.05, 3.63) is 52.8 Å². The third kappa shape index (κ3) is 3.41. The van der Waals surface area contributed by atoms with Crippen molar-refractivity contribution >= 4 is 40.8 Å². The summed E-state index contributed by atoms with van der Waals surface area (Å²) in [5, 5.41) is 3.99. The quantitative estimate of drug-likeness (QED) is 0.712. The molecule has 3 rings (SSSR count). The fourth-order valence-corrected chi connectivity index (χ4v) is 2.18. The zero-order valence-corrected chi connectivity index (χ0v) is 12.7. The van der Waals surface area contributed by atoms with Crippen LogP contribution in [-0.2, 0) is 0 Å². The Morgan fingerprint density at radius 1 is 1.00 bits per heavy atom. The van der Waals surface area contributed by atoms with Crippen LogP contribution >= 0.6 is 23.2 Å². The standard InChI is InChI=1S/C14H10Cl2N6/c15-9-2-1-3-10(7-9)19-14-21-12(20-13(17)22-14)8-4-5-18-11(16)6-8/h1-7H,(H3,17,19,20,21,22). The summed E-state index contributed by atoms with van der Waals surface area (Å²) in [4.78, 5) is 16.4. The second kappa shape index (κ2) is 6.13. The molecule has 8 heteroatoms. The van der Waals surface area contributed by atoms with E-state index in [0.717, 1.165) is 5.69 Å². The van der Waals surface area contributed by atoms with Crippen LogP contribution in [0.3, 0.4) is 0 Å². The maximum absolute atomic E-state index is 5.95. The van der Waals surface area contributed by atoms with E-state index in [-0.39, 0.29) is 5.95 Å². The summed E-state index contributed by atoms with van der Waals surface area (Å²) < 4.78 is 0. The van der Waals surface area contributed by atoms with Crippen LogP contribution in [0.15, 0.2) is 42.6 Å². The number of hydrogen-bond acceptors (Lipinski definition) is 6. The Labute approximate surface area is 136 Å². The fourth-order valence-electron chi connectivity index (χ4n) is 1.81. The number of nitrogens with one attached hydrogen (secondary N) is 1. The normalized spacial score (nSPS) is 10.5. The molecule has 0 saturated carbocycles. The molecule has 0 aliphatic carbocycles. The van der Waals surface area contributed by atoms with Gasteiger partial charge in [-0.3, -0.25) is 0 Å². The van der Waals surface area contributed by atoms with E-state index in [0.29, 0.717) is 27.5 Å². The Bertz CT molecular complexity index is 824. The van der Waals surface area contributed by atoms with Gasteiger partial charge in [-0.05, 0) is 30.3 Å². The Balaban J connectivity index is 1.96. The summed E-state index contributed by atoms with van der Waals surface area (Å²) in [6, 6.07) is 10.6. The van der Waals surface area contributed by atoms with Gasteiger partial charge in [-0.15, -0.1) is 0 Å². The third-order valence-electron chi connectivity index (χ3n) is 2.72. The topological polar surface area (TPSA) is 89.6 Å². The minimum atomic E-state index is 0.0995. The highest BCUT2D eigenvalue weighted by molar-refractivity contribution is 6.30. The molecule has 2 heterocycles. The van der Waals surface area contributed by atoms with E-state index >= 15 is 0 Å². The molecule has 3 N–H and O–H groups in total. The second-order valence-electron chi connectivity index (χ2n) is 4.34. The Morgan fingerprint density at radius 2 is 1.86 bits per heavy atom.